The first-order valence-electron chi connectivity index (χ1n) is 7.66. The van der Waals surface area contributed by atoms with Gasteiger partial charge < -0.3 is 10.2 Å². The highest BCUT2D eigenvalue weighted by Gasteiger charge is 2.22. The van der Waals surface area contributed by atoms with Gasteiger partial charge in [0.05, 0.1) is 0 Å². The van der Waals surface area contributed by atoms with Crippen molar-refractivity contribution in [2.24, 2.45) is 0 Å². The number of hydrogen-bond acceptors (Lipinski definition) is 3. The van der Waals surface area contributed by atoms with Crippen molar-refractivity contribution >= 4 is 11.6 Å². The lowest BCUT2D eigenvalue weighted by atomic mass is 10.1. The van der Waals surface area contributed by atoms with Gasteiger partial charge in [-0.3, -0.25) is 9.69 Å². The Hall–Kier alpha value is -1.55. The second kappa shape index (κ2) is 5.83. The van der Waals surface area contributed by atoms with Crippen LogP contribution in [0.5, 0.6) is 0 Å². The number of fused-ring (bicyclic) bond motifs is 1. The molecule has 1 aromatic carbocycles. The number of carbonyl (C=O) groups is 1. The van der Waals surface area contributed by atoms with Gasteiger partial charge in [-0.1, -0.05) is 13.0 Å². The van der Waals surface area contributed by atoms with E-state index >= 15 is 0 Å². The van der Waals surface area contributed by atoms with Crippen LogP contribution in [0.4, 0.5) is 5.69 Å². The smallest absolute Gasteiger partial charge is 0.254 e. The summed E-state index contributed by atoms with van der Waals surface area (Å²) in [6.07, 6.45) is 2.25. The second-order valence-corrected chi connectivity index (χ2v) is 5.68. The Kier molecular flexibility index (Phi) is 3.92. The van der Waals surface area contributed by atoms with Crippen molar-refractivity contribution in [3.8, 4) is 0 Å². The van der Waals surface area contributed by atoms with Crippen molar-refractivity contribution in [1.82, 2.24) is 9.80 Å². The molecular formula is C16H23N3O. The average molecular weight is 273 g/mol. The molecule has 0 spiro atoms. The van der Waals surface area contributed by atoms with E-state index in [0.29, 0.717) is 0 Å². The lowest BCUT2D eigenvalue weighted by molar-refractivity contribution is 0.0637. The third-order valence-corrected chi connectivity index (χ3v) is 4.27. The van der Waals surface area contributed by atoms with Gasteiger partial charge >= 0.3 is 0 Å². The predicted molar refractivity (Wildman–Crippen MR) is 81.3 cm³/mol. The number of benzene rings is 1. The number of piperazine rings is 1. The molecule has 1 saturated heterocycles. The van der Waals surface area contributed by atoms with Crippen LogP contribution in [0.3, 0.4) is 0 Å². The van der Waals surface area contributed by atoms with Gasteiger partial charge in [-0.15, -0.1) is 0 Å². The molecule has 20 heavy (non-hydrogen) atoms. The highest BCUT2D eigenvalue weighted by Crippen LogP contribution is 2.24. The van der Waals surface area contributed by atoms with Crippen molar-refractivity contribution in [3.63, 3.8) is 0 Å². The van der Waals surface area contributed by atoms with Crippen LogP contribution in [0, 0.1) is 0 Å². The molecule has 0 aromatic heterocycles. The molecule has 2 heterocycles. The summed E-state index contributed by atoms with van der Waals surface area (Å²) in [4.78, 5) is 17.0. The molecule has 0 radical (unpaired) electrons. The first-order valence-corrected chi connectivity index (χ1v) is 7.66. The van der Waals surface area contributed by atoms with E-state index in [-0.39, 0.29) is 5.91 Å². The molecule has 3 rings (SSSR count). The van der Waals surface area contributed by atoms with Crippen LogP contribution in [-0.2, 0) is 6.42 Å². The van der Waals surface area contributed by atoms with E-state index in [1.807, 2.05) is 17.0 Å². The average Bonchev–Trinajstić information content (AvgIpc) is 2.95. The Morgan fingerprint density at radius 1 is 1.25 bits per heavy atom. The van der Waals surface area contributed by atoms with Gasteiger partial charge in [0.25, 0.3) is 5.91 Å². The minimum Gasteiger partial charge on any atom is -0.384 e. The quantitative estimate of drug-likeness (QED) is 0.912. The van der Waals surface area contributed by atoms with E-state index in [0.717, 1.165) is 56.9 Å². The van der Waals surface area contributed by atoms with Crippen LogP contribution >= 0.6 is 0 Å². The fraction of sp³-hybridized carbons (Fsp3) is 0.562. The second-order valence-electron chi connectivity index (χ2n) is 5.68. The van der Waals surface area contributed by atoms with Crippen molar-refractivity contribution < 1.29 is 4.79 Å². The summed E-state index contributed by atoms with van der Waals surface area (Å²) in [5.74, 6) is 0.178. The van der Waals surface area contributed by atoms with E-state index in [1.165, 1.54) is 12.0 Å². The lowest BCUT2D eigenvalue weighted by Gasteiger charge is -2.34. The number of hydrogen-bond donors (Lipinski definition) is 1. The Morgan fingerprint density at radius 3 is 2.80 bits per heavy atom. The van der Waals surface area contributed by atoms with Gasteiger partial charge in [-0.2, -0.15) is 0 Å². The largest absolute Gasteiger partial charge is 0.384 e. The zero-order valence-electron chi connectivity index (χ0n) is 12.2. The summed E-state index contributed by atoms with van der Waals surface area (Å²) in [6, 6.07) is 6.09. The molecular weight excluding hydrogens is 250 g/mol. The van der Waals surface area contributed by atoms with Crippen LogP contribution in [0.15, 0.2) is 18.2 Å². The number of anilines is 1. The molecule has 0 bridgehead atoms. The third kappa shape index (κ3) is 2.66. The maximum Gasteiger partial charge on any atom is 0.254 e. The molecule has 1 amide bonds. The van der Waals surface area contributed by atoms with Crippen molar-refractivity contribution in [3.05, 3.63) is 29.3 Å². The Balaban J connectivity index is 1.65. The molecule has 1 fully saturated rings. The van der Waals surface area contributed by atoms with Gasteiger partial charge in [0, 0.05) is 44.0 Å². The van der Waals surface area contributed by atoms with Gasteiger partial charge in [0.15, 0.2) is 0 Å². The number of amides is 1. The molecule has 0 aliphatic carbocycles. The fourth-order valence-corrected chi connectivity index (χ4v) is 3.10. The number of nitrogens with zero attached hydrogens (tertiary/aromatic N) is 2. The monoisotopic (exact) mass is 273 g/mol. The van der Waals surface area contributed by atoms with E-state index in [1.54, 1.807) is 0 Å². The number of rotatable bonds is 3. The van der Waals surface area contributed by atoms with E-state index in [9.17, 15) is 4.79 Å². The molecule has 1 N–H and O–H groups in total. The van der Waals surface area contributed by atoms with Crippen molar-refractivity contribution in [2.75, 3.05) is 44.6 Å². The minimum absolute atomic E-state index is 0.178. The SMILES string of the molecule is CCCN1CCN(C(=O)c2ccc3c(c2)NCC3)CC1. The van der Waals surface area contributed by atoms with Gasteiger partial charge in [-0.05, 0) is 37.1 Å². The van der Waals surface area contributed by atoms with Crippen molar-refractivity contribution in [1.29, 1.82) is 0 Å². The first kappa shape index (κ1) is 13.4. The van der Waals surface area contributed by atoms with Crippen LogP contribution in [-0.4, -0.2) is 55.0 Å². The fourth-order valence-electron chi connectivity index (χ4n) is 3.10. The van der Waals surface area contributed by atoms with Gasteiger partial charge in [0.2, 0.25) is 0 Å². The Morgan fingerprint density at radius 2 is 2.05 bits per heavy atom. The summed E-state index contributed by atoms with van der Waals surface area (Å²) in [7, 11) is 0. The van der Waals surface area contributed by atoms with E-state index in [2.05, 4.69) is 23.2 Å². The van der Waals surface area contributed by atoms with Crippen LogP contribution in [0.1, 0.15) is 29.3 Å². The third-order valence-electron chi connectivity index (χ3n) is 4.27. The van der Waals surface area contributed by atoms with Gasteiger partial charge in [0.1, 0.15) is 0 Å². The summed E-state index contributed by atoms with van der Waals surface area (Å²) in [6.45, 7) is 8.04. The molecule has 0 saturated carbocycles. The topological polar surface area (TPSA) is 35.6 Å². The highest BCUT2D eigenvalue weighted by molar-refractivity contribution is 5.95. The van der Waals surface area contributed by atoms with Crippen LogP contribution < -0.4 is 5.32 Å². The van der Waals surface area contributed by atoms with E-state index < -0.39 is 0 Å². The Bertz CT molecular complexity index is 492. The normalized spacial score (nSPS) is 18.8. The van der Waals surface area contributed by atoms with E-state index in [4.69, 9.17) is 0 Å². The maximum absolute atomic E-state index is 12.5. The molecule has 2 aliphatic rings. The van der Waals surface area contributed by atoms with Crippen LogP contribution in [0.25, 0.3) is 0 Å². The summed E-state index contributed by atoms with van der Waals surface area (Å²) in [5, 5.41) is 3.34. The summed E-state index contributed by atoms with van der Waals surface area (Å²) in [5.41, 5.74) is 3.29. The number of nitrogens with one attached hydrogen (secondary N) is 1. The Labute approximate surface area is 120 Å². The van der Waals surface area contributed by atoms with Gasteiger partial charge in [-0.25, -0.2) is 0 Å². The van der Waals surface area contributed by atoms with Crippen molar-refractivity contribution in [2.45, 2.75) is 19.8 Å². The predicted octanol–water partition coefficient (Wildman–Crippen LogP) is 1.82. The maximum atomic E-state index is 12.5. The summed E-state index contributed by atoms with van der Waals surface area (Å²) < 4.78 is 0. The summed E-state index contributed by atoms with van der Waals surface area (Å²) >= 11 is 0. The molecule has 108 valence electrons. The molecule has 1 aromatic rings. The zero-order chi connectivity index (χ0) is 13.9. The standard InChI is InChI=1S/C16H23N3O/c1-2-7-18-8-10-19(11-9-18)16(20)14-4-3-13-5-6-17-15(13)12-14/h3-4,12,17H,2,5-11H2,1H3. The molecule has 0 atom stereocenters. The minimum atomic E-state index is 0.178. The molecule has 2 aliphatic heterocycles. The molecule has 4 heteroatoms. The molecule has 0 unspecified atom stereocenters. The van der Waals surface area contributed by atoms with Crippen LogP contribution in [0.2, 0.25) is 0 Å². The zero-order valence-corrected chi connectivity index (χ0v) is 12.2. The molecule has 4 nitrogen and oxygen atoms in total. The highest BCUT2D eigenvalue weighted by atomic mass is 16.2. The lowest BCUT2D eigenvalue weighted by Crippen LogP contribution is -2.48. The first-order chi connectivity index (χ1) is 9.78. The number of carbonyl (C=O) groups excluding carboxylic acids is 1.